The number of benzene rings is 1. The van der Waals surface area contributed by atoms with Crippen molar-refractivity contribution in [1.29, 1.82) is 0 Å². The summed E-state index contributed by atoms with van der Waals surface area (Å²) < 4.78 is 5.73. The highest BCUT2D eigenvalue weighted by Gasteiger charge is 2.36. The fourth-order valence-electron chi connectivity index (χ4n) is 2.44. The smallest absolute Gasteiger partial charge is 0.248 e. The highest BCUT2D eigenvalue weighted by molar-refractivity contribution is 6.01. The monoisotopic (exact) mass is 281 g/mol. The molecule has 1 heterocycles. The number of aryl methyl sites for hydroxylation is 1. The van der Waals surface area contributed by atoms with E-state index in [4.69, 9.17) is 4.42 Å². The van der Waals surface area contributed by atoms with Gasteiger partial charge in [0, 0.05) is 17.7 Å². The molecule has 1 fully saturated rings. The van der Waals surface area contributed by atoms with E-state index in [9.17, 15) is 4.79 Å². The van der Waals surface area contributed by atoms with Crippen LogP contribution in [0.25, 0.3) is 6.08 Å². The van der Waals surface area contributed by atoms with Gasteiger partial charge < -0.3 is 9.73 Å². The molecule has 21 heavy (non-hydrogen) atoms. The van der Waals surface area contributed by atoms with Crippen LogP contribution in [0.3, 0.4) is 0 Å². The van der Waals surface area contributed by atoms with Gasteiger partial charge in [-0.15, -0.1) is 0 Å². The van der Waals surface area contributed by atoms with Gasteiger partial charge in [-0.3, -0.25) is 4.79 Å². The maximum absolute atomic E-state index is 11.9. The number of hydrogen-bond acceptors (Lipinski definition) is 2. The number of anilines is 1. The Kier molecular flexibility index (Phi) is 3.65. The second-order valence-electron chi connectivity index (χ2n) is 5.75. The first-order valence-corrected chi connectivity index (χ1v) is 7.27. The van der Waals surface area contributed by atoms with Crippen LogP contribution in [-0.4, -0.2) is 5.91 Å². The van der Waals surface area contributed by atoms with Crippen molar-refractivity contribution in [3.63, 3.8) is 0 Å². The van der Waals surface area contributed by atoms with Crippen molar-refractivity contribution in [3.8, 4) is 0 Å². The van der Waals surface area contributed by atoms with Crippen LogP contribution in [0.4, 0.5) is 5.69 Å². The van der Waals surface area contributed by atoms with E-state index < -0.39 is 0 Å². The molecular formula is C18H19NO2. The molecule has 3 nitrogen and oxygen atoms in total. The predicted octanol–water partition coefficient (Wildman–Crippen LogP) is 4.36. The molecule has 1 amide bonds. The topological polar surface area (TPSA) is 42.2 Å². The third kappa shape index (κ3) is 3.43. The summed E-state index contributed by atoms with van der Waals surface area (Å²) in [7, 11) is 0. The zero-order chi connectivity index (χ0) is 14.8. The summed E-state index contributed by atoms with van der Waals surface area (Å²) >= 11 is 0. The highest BCUT2D eigenvalue weighted by atomic mass is 16.3. The van der Waals surface area contributed by atoms with E-state index in [1.165, 1.54) is 12.5 Å². The van der Waals surface area contributed by atoms with Crippen LogP contribution < -0.4 is 5.32 Å². The lowest BCUT2D eigenvalue weighted by atomic mass is 10.2. The molecule has 0 saturated heterocycles. The van der Waals surface area contributed by atoms with Gasteiger partial charge in [0.05, 0.1) is 0 Å². The molecule has 1 aliphatic rings. The Hall–Kier alpha value is -2.29. The largest absolute Gasteiger partial charge is 0.461 e. The standard InChI is InChI=1S/C18H19NO2/c1-12-4-3-5-14(10-12)19-18(20)9-7-15-6-8-17(21-15)16-11-13(16)2/h3-10,13,16H,11H2,1-2H3,(H,19,20)/b9-7+. The number of hydrogen-bond donors (Lipinski definition) is 1. The maximum atomic E-state index is 11.9. The molecule has 3 rings (SSSR count). The van der Waals surface area contributed by atoms with Crippen LogP contribution in [0.5, 0.6) is 0 Å². The lowest BCUT2D eigenvalue weighted by Crippen LogP contribution is -2.07. The molecule has 0 spiro atoms. The average Bonchev–Trinajstić information content (AvgIpc) is 3.00. The molecule has 3 heteroatoms. The quantitative estimate of drug-likeness (QED) is 0.846. The third-order valence-corrected chi connectivity index (χ3v) is 3.81. The van der Waals surface area contributed by atoms with Crippen LogP contribution in [-0.2, 0) is 4.79 Å². The first-order valence-electron chi connectivity index (χ1n) is 7.27. The van der Waals surface area contributed by atoms with Crippen molar-refractivity contribution in [2.45, 2.75) is 26.2 Å². The Morgan fingerprint density at radius 3 is 2.86 bits per heavy atom. The predicted molar refractivity (Wildman–Crippen MR) is 84.1 cm³/mol. The van der Waals surface area contributed by atoms with Gasteiger partial charge in [0.25, 0.3) is 0 Å². The van der Waals surface area contributed by atoms with Gasteiger partial charge in [-0.1, -0.05) is 19.1 Å². The molecule has 2 unspecified atom stereocenters. The van der Waals surface area contributed by atoms with Crippen molar-refractivity contribution in [1.82, 2.24) is 0 Å². The lowest BCUT2D eigenvalue weighted by molar-refractivity contribution is -0.111. The Bertz CT molecular complexity index is 684. The van der Waals surface area contributed by atoms with E-state index in [2.05, 4.69) is 12.2 Å². The summed E-state index contributed by atoms with van der Waals surface area (Å²) in [6, 6.07) is 11.6. The fraction of sp³-hybridized carbons (Fsp3) is 0.278. The molecule has 1 aromatic heterocycles. The summed E-state index contributed by atoms with van der Waals surface area (Å²) in [5, 5.41) is 2.83. The summed E-state index contributed by atoms with van der Waals surface area (Å²) in [6.07, 6.45) is 4.41. The van der Waals surface area contributed by atoms with E-state index >= 15 is 0 Å². The van der Waals surface area contributed by atoms with E-state index in [0.29, 0.717) is 5.92 Å². The Balaban J connectivity index is 1.60. The number of furan rings is 1. The minimum absolute atomic E-state index is 0.154. The fourth-order valence-corrected chi connectivity index (χ4v) is 2.44. The lowest BCUT2D eigenvalue weighted by Gasteiger charge is -2.02. The van der Waals surface area contributed by atoms with Gasteiger partial charge in [-0.2, -0.15) is 0 Å². The second-order valence-corrected chi connectivity index (χ2v) is 5.75. The number of carbonyl (C=O) groups is 1. The molecule has 0 aliphatic heterocycles. The van der Waals surface area contributed by atoms with Gasteiger partial charge in [0.2, 0.25) is 5.91 Å². The average molecular weight is 281 g/mol. The van der Waals surface area contributed by atoms with Gasteiger partial charge >= 0.3 is 0 Å². The van der Waals surface area contributed by atoms with Crippen molar-refractivity contribution < 1.29 is 9.21 Å². The van der Waals surface area contributed by atoms with Gasteiger partial charge in [0.1, 0.15) is 11.5 Å². The van der Waals surface area contributed by atoms with Crippen LogP contribution in [0.1, 0.15) is 36.3 Å². The Labute approximate surface area is 124 Å². The summed E-state index contributed by atoms with van der Waals surface area (Å²) in [4.78, 5) is 11.9. The molecule has 1 aromatic carbocycles. The summed E-state index contributed by atoms with van der Waals surface area (Å²) in [5.74, 6) is 2.88. The molecule has 2 aromatic rings. The van der Waals surface area contributed by atoms with Crippen molar-refractivity contribution >= 4 is 17.7 Å². The zero-order valence-electron chi connectivity index (χ0n) is 12.3. The van der Waals surface area contributed by atoms with E-state index in [-0.39, 0.29) is 5.91 Å². The van der Waals surface area contributed by atoms with E-state index in [0.717, 1.165) is 28.7 Å². The number of carbonyl (C=O) groups excluding carboxylic acids is 1. The number of nitrogens with one attached hydrogen (secondary N) is 1. The number of rotatable bonds is 4. The molecular weight excluding hydrogens is 262 g/mol. The van der Waals surface area contributed by atoms with Crippen molar-refractivity contribution in [2.75, 3.05) is 5.32 Å². The third-order valence-electron chi connectivity index (χ3n) is 3.81. The van der Waals surface area contributed by atoms with Gasteiger partial charge in [-0.25, -0.2) is 0 Å². The second kappa shape index (κ2) is 5.60. The van der Waals surface area contributed by atoms with E-state index in [1.807, 2.05) is 43.3 Å². The SMILES string of the molecule is Cc1cccc(NC(=O)/C=C/c2ccc(C3CC3C)o2)c1. The molecule has 0 radical (unpaired) electrons. The molecule has 1 N–H and O–H groups in total. The molecule has 1 saturated carbocycles. The minimum Gasteiger partial charge on any atom is -0.461 e. The molecule has 1 aliphatic carbocycles. The Morgan fingerprint density at radius 2 is 2.14 bits per heavy atom. The number of amides is 1. The zero-order valence-corrected chi connectivity index (χ0v) is 12.3. The minimum atomic E-state index is -0.154. The first-order chi connectivity index (χ1) is 10.1. The van der Waals surface area contributed by atoms with Crippen LogP contribution in [0, 0.1) is 12.8 Å². The molecule has 108 valence electrons. The summed E-state index contributed by atoms with van der Waals surface area (Å²) in [5.41, 5.74) is 1.92. The van der Waals surface area contributed by atoms with Crippen LogP contribution in [0.2, 0.25) is 0 Å². The maximum Gasteiger partial charge on any atom is 0.248 e. The van der Waals surface area contributed by atoms with Gasteiger partial charge in [0.15, 0.2) is 0 Å². The van der Waals surface area contributed by atoms with Crippen LogP contribution >= 0.6 is 0 Å². The van der Waals surface area contributed by atoms with Crippen molar-refractivity contribution in [3.05, 3.63) is 59.6 Å². The molecule has 0 bridgehead atoms. The Morgan fingerprint density at radius 1 is 1.33 bits per heavy atom. The van der Waals surface area contributed by atoms with Crippen LogP contribution in [0.15, 0.2) is 46.9 Å². The van der Waals surface area contributed by atoms with E-state index in [1.54, 1.807) is 6.08 Å². The first kappa shape index (κ1) is 13.7. The van der Waals surface area contributed by atoms with Gasteiger partial charge in [-0.05, 0) is 55.2 Å². The summed E-state index contributed by atoms with van der Waals surface area (Å²) in [6.45, 7) is 4.22. The van der Waals surface area contributed by atoms with Crippen molar-refractivity contribution in [2.24, 2.45) is 5.92 Å². The highest BCUT2D eigenvalue weighted by Crippen LogP contribution is 2.47. The normalized spacial score (nSPS) is 20.7. The molecule has 2 atom stereocenters.